The molecule has 0 saturated heterocycles. The Balaban J connectivity index is 3.01. The first-order valence-electron chi connectivity index (χ1n) is 5.53. The molecule has 82 valence electrons. The predicted molar refractivity (Wildman–Crippen MR) is 68.0 cm³/mol. The minimum absolute atomic E-state index is 1.04. The Labute approximate surface area is 93.2 Å². The molecule has 15 heavy (non-hydrogen) atoms. The van der Waals surface area contributed by atoms with Gasteiger partial charge in [0.25, 0.3) is 0 Å². The van der Waals surface area contributed by atoms with Gasteiger partial charge in [-0.25, -0.2) is 0 Å². The van der Waals surface area contributed by atoms with Crippen LogP contribution in [-0.4, -0.2) is 13.6 Å². The van der Waals surface area contributed by atoms with Gasteiger partial charge in [0, 0.05) is 0 Å². The monoisotopic (exact) mass is 203 g/mol. The summed E-state index contributed by atoms with van der Waals surface area (Å²) in [5, 5.41) is 3.21. The molecule has 0 aromatic heterocycles. The van der Waals surface area contributed by atoms with Gasteiger partial charge in [-0.1, -0.05) is 29.8 Å². The average Bonchev–Trinajstić information content (AvgIpc) is 2.20. The molecular weight excluding hydrogens is 182 g/mol. The van der Waals surface area contributed by atoms with Crippen LogP contribution in [0.4, 0.5) is 0 Å². The Kier molecular flexibility index (Phi) is 4.57. The van der Waals surface area contributed by atoms with Crippen LogP contribution in [0.5, 0.6) is 0 Å². The van der Waals surface area contributed by atoms with Gasteiger partial charge in [0.05, 0.1) is 0 Å². The molecule has 1 rings (SSSR count). The highest BCUT2D eigenvalue weighted by atomic mass is 14.8. The van der Waals surface area contributed by atoms with Crippen LogP contribution in [0, 0.1) is 6.92 Å². The highest BCUT2D eigenvalue weighted by Crippen LogP contribution is 2.24. The SMILES string of the molecule is CNCCC(=C(C)C)c1ccccc1C. The fourth-order valence-electron chi connectivity index (χ4n) is 1.82. The molecule has 1 nitrogen and oxygen atoms in total. The van der Waals surface area contributed by atoms with E-state index in [1.165, 1.54) is 22.3 Å². The standard InChI is InChI=1S/C14H21N/c1-11(2)13(9-10-15-4)14-8-6-5-7-12(14)3/h5-8,15H,9-10H2,1-4H3. The number of nitrogens with one attached hydrogen (secondary N) is 1. The Morgan fingerprint density at radius 3 is 2.40 bits per heavy atom. The van der Waals surface area contributed by atoms with Crippen molar-refractivity contribution in [2.45, 2.75) is 27.2 Å². The number of benzene rings is 1. The first-order chi connectivity index (χ1) is 7.16. The summed E-state index contributed by atoms with van der Waals surface area (Å²) < 4.78 is 0. The van der Waals surface area contributed by atoms with Crippen molar-refractivity contribution in [3.05, 3.63) is 41.0 Å². The van der Waals surface area contributed by atoms with E-state index in [0.29, 0.717) is 0 Å². The number of allylic oxidation sites excluding steroid dienone is 1. The molecule has 0 heterocycles. The third kappa shape index (κ3) is 3.21. The van der Waals surface area contributed by atoms with Gasteiger partial charge in [0.2, 0.25) is 0 Å². The van der Waals surface area contributed by atoms with Crippen molar-refractivity contribution in [1.29, 1.82) is 0 Å². The smallest absolute Gasteiger partial charge is 0.00112 e. The van der Waals surface area contributed by atoms with Crippen LogP contribution >= 0.6 is 0 Å². The fraction of sp³-hybridized carbons (Fsp3) is 0.429. The number of hydrogen-bond donors (Lipinski definition) is 1. The molecule has 0 unspecified atom stereocenters. The number of aryl methyl sites for hydroxylation is 1. The molecule has 0 radical (unpaired) electrons. The largest absolute Gasteiger partial charge is 0.319 e. The summed E-state index contributed by atoms with van der Waals surface area (Å²) in [6, 6.07) is 8.61. The average molecular weight is 203 g/mol. The quantitative estimate of drug-likeness (QED) is 0.791. The molecule has 1 aromatic rings. The molecule has 1 aromatic carbocycles. The molecule has 0 saturated carbocycles. The normalized spacial score (nSPS) is 10.1. The lowest BCUT2D eigenvalue weighted by atomic mass is 9.95. The van der Waals surface area contributed by atoms with E-state index in [0.717, 1.165) is 13.0 Å². The van der Waals surface area contributed by atoms with E-state index in [9.17, 15) is 0 Å². The summed E-state index contributed by atoms with van der Waals surface area (Å²) in [4.78, 5) is 0. The summed E-state index contributed by atoms with van der Waals surface area (Å²) in [7, 11) is 2.00. The van der Waals surface area contributed by atoms with Crippen molar-refractivity contribution in [1.82, 2.24) is 5.32 Å². The van der Waals surface area contributed by atoms with E-state index in [2.05, 4.69) is 50.4 Å². The molecule has 0 aliphatic carbocycles. The molecule has 1 heteroatoms. The topological polar surface area (TPSA) is 12.0 Å². The zero-order chi connectivity index (χ0) is 11.3. The van der Waals surface area contributed by atoms with Crippen molar-refractivity contribution in [3.63, 3.8) is 0 Å². The highest BCUT2D eigenvalue weighted by molar-refractivity contribution is 5.70. The lowest BCUT2D eigenvalue weighted by Crippen LogP contribution is -2.09. The number of hydrogen-bond acceptors (Lipinski definition) is 1. The molecule has 0 aliphatic rings. The zero-order valence-electron chi connectivity index (χ0n) is 10.2. The van der Waals surface area contributed by atoms with Gasteiger partial charge in [-0.15, -0.1) is 0 Å². The second kappa shape index (κ2) is 5.72. The molecule has 0 aliphatic heterocycles. The van der Waals surface area contributed by atoms with E-state index in [1.807, 2.05) is 7.05 Å². The predicted octanol–water partition coefficient (Wildman–Crippen LogP) is 3.40. The van der Waals surface area contributed by atoms with E-state index < -0.39 is 0 Å². The fourth-order valence-corrected chi connectivity index (χ4v) is 1.82. The van der Waals surface area contributed by atoms with E-state index in [1.54, 1.807) is 0 Å². The molecule has 0 atom stereocenters. The minimum Gasteiger partial charge on any atom is -0.319 e. The first kappa shape index (κ1) is 12.0. The van der Waals surface area contributed by atoms with Gasteiger partial charge in [-0.05, 0) is 57.5 Å². The molecule has 0 amide bonds. The minimum atomic E-state index is 1.04. The second-order valence-electron chi connectivity index (χ2n) is 4.15. The van der Waals surface area contributed by atoms with Crippen LogP contribution in [0.15, 0.2) is 29.8 Å². The third-order valence-corrected chi connectivity index (χ3v) is 2.70. The highest BCUT2D eigenvalue weighted by Gasteiger charge is 2.05. The Bertz CT molecular complexity index is 346. The Morgan fingerprint density at radius 1 is 1.20 bits per heavy atom. The van der Waals surface area contributed by atoms with Crippen LogP contribution in [-0.2, 0) is 0 Å². The van der Waals surface area contributed by atoms with Crippen molar-refractivity contribution in [2.75, 3.05) is 13.6 Å². The molecule has 0 fully saturated rings. The van der Waals surface area contributed by atoms with Crippen molar-refractivity contribution in [3.8, 4) is 0 Å². The van der Waals surface area contributed by atoms with Crippen LogP contribution in [0.1, 0.15) is 31.4 Å². The maximum absolute atomic E-state index is 3.21. The van der Waals surface area contributed by atoms with Gasteiger partial charge in [0.1, 0.15) is 0 Å². The maximum atomic E-state index is 3.21. The first-order valence-corrected chi connectivity index (χ1v) is 5.53. The van der Waals surface area contributed by atoms with Crippen LogP contribution < -0.4 is 5.32 Å². The second-order valence-corrected chi connectivity index (χ2v) is 4.15. The summed E-state index contributed by atoms with van der Waals surface area (Å²) in [5.74, 6) is 0. The summed E-state index contributed by atoms with van der Waals surface area (Å²) >= 11 is 0. The Hall–Kier alpha value is -1.08. The molecule has 1 N–H and O–H groups in total. The van der Waals surface area contributed by atoms with Crippen molar-refractivity contribution >= 4 is 5.57 Å². The Morgan fingerprint density at radius 2 is 1.87 bits per heavy atom. The van der Waals surface area contributed by atoms with Crippen LogP contribution in [0.25, 0.3) is 5.57 Å². The van der Waals surface area contributed by atoms with Gasteiger partial charge in [-0.3, -0.25) is 0 Å². The van der Waals surface area contributed by atoms with Gasteiger partial charge < -0.3 is 5.32 Å². The molecular formula is C14H21N. The molecule has 0 bridgehead atoms. The molecule has 0 spiro atoms. The summed E-state index contributed by atoms with van der Waals surface area (Å²) in [5.41, 5.74) is 5.65. The zero-order valence-corrected chi connectivity index (χ0v) is 10.2. The van der Waals surface area contributed by atoms with Gasteiger partial charge in [0.15, 0.2) is 0 Å². The summed E-state index contributed by atoms with van der Waals surface area (Å²) in [6.45, 7) is 7.60. The van der Waals surface area contributed by atoms with E-state index in [-0.39, 0.29) is 0 Å². The number of rotatable bonds is 4. The maximum Gasteiger partial charge on any atom is -0.00112 e. The summed E-state index contributed by atoms with van der Waals surface area (Å²) in [6.07, 6.45) is 1.10. The van der Waals surface area contributed by atoms with E-state index >= 15 is 0 Å². The van der Waals surface area contributed by atoms with Crippen molar-refractivity contribution < 1.29 is 0 Å². The van der Waals surface area contributed by atoms with Gasteiger partial charge in [-0.2, -0.15) is 0 Å². The third-order valence-electron chi connectivity index (χ3n) is 2.70. The van der Waals surface area contributed by atoms with Gasteiger partial charge >= 0.3 is 0 Å². The lowest BCUT2D eigenvalue weighted by molar-refractivity contribution is 0.812. The van der Waals surface area contributed by atoms with Crippen LogP contribution in [0.3, 0.4) is 0 Å². The van der Waals surface area contributed by atoms with Crippen molar-refractivity contribution in [2.24, 2.45) is 0 Å². The van der Waals surface area contributed by atoms with Crippen LogP contribution in [0.2, 0.25) is 0 Å². The van der Waals surface area contributed by atoms with E-state index in [4.69, 9.17) is 0 Å². The lowest BCUT2D eigenvalue weighted by Gasteiger charge is -2.12.